The molecule has 4 bridgehead atoms. The Kier molecular flexibility index (Phi) is 2.69. The molecule has 0 aromatic carbocycles. The molecule has 2 unspecified atom stereocenters. The molecule has 2 saturated carbocycles. The number of anilines is 1. The minimum atomic E-state index is -1.01. The molecule has 4 fully saturated rings. The maximum absolute atomic E-state index is 10.9. The molecule has 1 aromatic heterocycles. The minimum absolute atomic E-state index is 0.0226. The molecule has 5 nitrogen and oxygen atoms in total. The smallest absolute Gasteiger partial charge is 0.356 e. The lowest BCUT2D eigenvalue weighted by Crippen LogP contribution is -2.38. The third-order valence-electron chi connectivity index (χ3n) is 5.26. The molecule has 0 radical (unpaired) electrons. The number of aromatic carboxylic acids is 1. The van der Waals surface area contributed by atoms with E-state index in [4.69, 9.17) is 5.11 Å². The Morgan fingerprint density at radius 1 is 1.05 bits per heavy atom. The molecule has 106 valence electrons. The molecule has 2 saturated heterocycles. The standard InChI is InChI=1S/C15H19N3O2/c19-15(20)13-6-17-14(7-16-13)18-8-11-2-9-1-10(3-11)5-12(18)4-9/h6-7,9-12H,1-5,8H2,(H,19,20). The van der Waals surface area contributed by atoms with Crippen LogP contribution < -0.4 is 4.90 Å². The first-order valence-electron chi connectivity index (χ1n) is 7.51. The number of aromatic nitrogens is 2. The van der Waals surface area contributed by atoms with E-state index in [1.807, 2.05) is 0 Å². The van der Waals surface area contributed by atoms with Gasteiger partial charge in [-0.25, -0.2) is 14.8 Å². The Morgan fingerprint density at radius 3 is 2.35 bits per heavy atom. The topological polar surface area (TPSA) is 66.3 Å². The van der Waals surface area contributed by atoms with Crippen LogP contribution in [-0.2, 0) is 0 Å². The molecule has 0 amide bonds. The second-order valence-electron chi connectivity index (χ2n) is 6.65. The summed E-state index contributed by atoms with van der Waals surface area (Å²) in [5, 5.41) is 8.91. The highest BCUT2D eigenvalue weighted by Gasteiger charge is 2.43. The predicted molar refractivity (Wildman–Crippen MR) is 73.7 cm³/mol. The van der Waals surface area contributed by atoms with Crippen LogP contribution in [0.1, 0.15) is 42.6 Å². The Morgan fingerprint density at radius 2 is 1.75 bits per heavy atom. The van der Waals surface area contributed by atoms with Crippen molar-refractivity contribution in [1.29, 1.82) is 0 Å². The van der Waals surface area contributed by atoms with E-state index in [0.717, 1.165) is 30.1 Å². The van der Waals surface area contributed by atoms with E-state index in [1.54, 1.807) is 6.20 Å². The van der Waals surface area contributed by atoms with Crippen LogP contribution >= 0.6 is 0 Å². The van der Waals surface area contributed by atoms with Gasteiger partial charge in [-0.05, 0) is 49.9 Å². The van der Waals surface area contributed by atoms with E-state index in [-0.39, 0.29) is 5.69 Å². The lowest BCUT2D eigenvalue weighted by atomic mass is 9.68. The van der Waals surface area contributed by atoms with E-state index >= 15 is 0 Å². The van der Waals surface area contributed by atoms with Gasteiger partial charge >= 0.3 is 5.97 Å². The highest BCUT2D eigenvalue weighted by atomic mass is 16.4. The Bertz CT molecular complexity index is 516. The highest BCUT2D eigenvalue weighted by molar-refractivity contribution is 5.84. The summed E-state index contributed by atoms with van der Waals surface area (Å²) in [6, 6.07) is 0.580. The quantitative estimate of drug-likeness (QED) is 0.894. The van der Waals surface area contributed by atoms with Crippen molar-refractivity contribution in [3.8, 4) is 0 Å². The van der Waals surface area contributed by atoms with E-state index in [1.165, 1.54) is 38.3 Å². The molecule has 4 aliphatic rings. The van der Waals surface area contributed by atoms with Gasteiger partial charge in [0.05, 0.1) is 12.4 Å². The number of fused-ring (bicyclic) bond motifs is 1. The highest BCUT2D eigenvalue weighted by Crippen LogP contribution is 2.48. The fourth-order valence-electron chi connectivity index (χ4n) is 4.64. The van der Waals surface area contributed by atoms with Crippen LogP contribution in [0.5, 0.6) is 0 Å². The first-order valence-corrected chi connectivity index (χ1v) is 7.51. The van der Waals surface area contributed by atoms with Crippen molar-refractivity contribution >= 4 is 11.8 Å². The first kappa shape index (κ1) is 12.1. The number of rotatable bonds is 2. The van der Waals surface area contributed by atoms with Gasteiger partial charge in [-0.15, -0.1) is 0 Å². The molecule has 1 aromatic rings. The van der Waals surface area contributed by atoms with Crippen molar-refractivity contribution < 1.29 is 9.90 Å². The van der Waals surface area contributed by atoms with Gasteiger partial charge in [-0.2, -0.15) is 0 Å². The maximum atomic E-state index is 10.9. The largest absolute Gasteiger partial charge is 0.476 e. The normalized spacial score (nSPS) is 35.1. The van der Waals surface area contributed by atoms with Crippen LogP contribution in [0.15, 0.2) is 12.4 Å². The van der Waals surface area contributed by atoms with Crippen molar-refractivity contribution in [2.45, 2.75) is 38.1 Å². The predicted octanol–water partition coefficient (Wildman–Crippen LogP) is 2.19. The van der Waals surface area contributed by atoms with Gasteiger partial charge in [0.15, 0.2) is 5.69 Å². The molecule has 20 heavy (non-hydrogen) atoms. The summed E-state index contributed by atoms with van der Waals surface area (Å²) >= 11 is 0. The number of carboxylic acids is 1. The van der Waals surface area contributed by atoms with Gasteiger partial charge in [0, 0.05) is 12.6 Å². The lowest BCUT2D eigenvalue weighted by Gasteiger charge is -2.39. The monoisotopic (exact) mass is 273 g/mol. The molecule has 2 aliphatic heterocycles. The van der Waals surface area contributed by atoms with Crippen LogP contribution in [0, 0.1) is 17.8 Å². The summed E-state index contributed by atoms with van der Waals surface area (Å²) in [6.07, 6.45) is 9.71. The molecule has 5 rings (SSSR count). The molecule has 3 heterocycles. The van der Waals surface area contributed by atoms with Crippen LogP contribution in [0.2, 0.25) is 0 Å². The van der Waals surface area contributed by atoms with Crippen molar-refractivity contribution in [3.63, 3.8) is 0 Å². The van der Waals surface area contributed by atoms with Crippen LogP contribution in [-0.4, -0.2) is 33.6 Å². The molecular weight excluding hydrogens is 254 g/mol. The fraction of sp³-hybridized carbons (Fsp3) is 0.667. The second kappa shape index (κ2) is 4.43. The molecule has 0 spiro atoms. The third kappa shape index (κ3) is 1.96. The zero-order valence-corrected chi connectivity index (χ0v) is 11.4. The van der Waals surface area contributed by atoms with Crippen molar-refractivity contribution in [3.05, 3.63) is 18.1 Å². The van der Waals surface area contributed by atoms with Crippen molar-refractivity contribution in [2.75, 3.05) is 11.4 Å². The average Bonchev–Trinajstić information content (AvgIpc) is 2.63. The van der Waals surface area contributed by atoms with E-state index in [2.05, 4.69) is 14.9 Å². The van der Waals surface area contributed by atoms with Gasteiger partial charge < -0.3 is 10.0 Å². The summed E-state index contributed by atoms with van der Waals surface area (Å²) < 4.78 is 0. The van der Waals surface area contributed by atoms with Crippen LogP contribution in [0.25, 0.3) is 0 Å². The molecule has 1 N–H and O–H groups in total. The summed E-state index contributed by atoms with van der Waals surface area (Å²) in [5.41, 5.74) is 0.0226. The Balaban J connectivity index is 1.63. The van der Waals surface area contributed by atoms with E-state index < -0.39 is 5.97 Å². The maximum Gasteiger partial charge on any atom is 0.356 e. The van der Waals surface area contributed by atoms with Gasteiger partial charge in [-0.3, -0.25) is 0 Å². The van der Waals surface area contributed by atoms with Gasteiger partial charge in [0.1, 0.15) is 5.82 Å². The van der Waals surface area contributed by atoms with Gasteiger partial charge in [-0.1, -0.05) is 0 Å². The van der Waals surface area contributed by atoms with Crippen molar-refractivity contribution in [2.24, 2.45) is 17.8 Å². The minimum Gasteiger partial charge on any atom is -0.476 e. The van der Waals surface area contributed by atoms with Gasteiger partial charge in [0.2, 0.25) is 0 Å². The fourth-order valence-corrected chi connectivity index (χ4v) is 4.64. The third-order valence-corrected chi connectivity index (χ3v) is 5.26. The number of hydrogen-bond donors (Lipinski definition) is 1. The van der Waals surface area contributed by atoms with E-state index in [9.17, 15) is 4.79 Å². The first-order chi connectivity index (χ1) is 9.69. The van der Waals surface area contributed by atoms with Gasteiger partial charge in [0.25, 0.3) is 0 Å². The van der Waals surface area contributed by atoms with Crippen molar-refractivity contribution in [1.82, 2.24) is 9.97 Å². The molecule has 5 heteroatoms. The summed E-state index contributed by atoms with van der Waals surface area (Å²) in [7, 11) is 0. The molecule has 2 aliphatic carbocycles. The molecule has 2 atom stereocenters. The molecular formula is C15H19N3O2. The average molecular weight is 273 g/mol. The zero-order valence-electron chi connectivity index (χ0n) is 11.4. The zero-order chi connectivity index (χ0) is 13.7. The SMILES string of the molecule is O=C(O)c1cnc(N2CC3CC4CC(C3)CC2C4)cn1. The second-order valence-corrected chi connectivity index (χ2v) is 6.65. The number of carboxylic acid groups (broad SMARTS) is 1. The number of nitrogens with zero attached hydrogens (tertiary/aromatic N) is 3. The summed E-state index contributed by atoms with van der Waals surface area (Å²) in [4.78, 5) is 21.6. The summed E-state index contributed by atoms with van der Waals surface area (Å²) in [6.45, 7) is 1.07. The number of hydrogen-bond acceptors (Lipinski definition) is 4. The van der Waals surface area contributed by atoms with Crippen LogP contribution in [0.3, 0.4) is 0 Å². The Hall–Kier alpha value is -1.65. The Labute approximate surface area is 118 Å². The van der Waals surface area contributed by atoms with E-state index in [0.29, 0.717) is 6.04 Å². The number of carbonyl (C=O) groups is 1. The summed E-state index contributed by atoms with van der Waals surface area (Å²) in [5.74, 6) is 2.42. The van der Waals surface area contributed by atoms with Crippen LogP contribution in [0.4, 0.5) is 5.82 Å². The lowest BCUT2D eigenvalue weighted by molar-refractivity contribution is 0.0690.